The molecule has 4 aliphatic heterocycles. The number of rotatable bonds is 5. The fourth-order valence-corrected chi connectivity index (χ4v) is 6.84. The van der Waals surface area contributed by atoms with Crippen LogP contribution in [0.3, 0.4) is 0 Å². The zero-order valence-corrected chi connectivity index (χ0v) is 24.1. The molecule has 1 atom stereocenters. The van der Waals surface area contributed by atoms with Gasteiger partial charge in [-0.05, 0) is 69.0 Å². The Bertz CT molecular complexity index is 1590. The monoisotopic (exact) mass is 571 g/mol. The van der Waals surface area contributed by atoms with Crippen LogP contribution in [0, 0.1) is 11.2 Å². The third-order valence-electron chi connectivity index (χ3n) is 8.87. The van der Waals surface area contributed by atoms with Crippen molar-refractivity contribution in [2.75, 3.05) is 31.1 Å². The van der Waals surface area contributed by atoms with Gasteiger partial charge in [-0.1, -0.05) is 12.1 Å². The lowest BCUT2D eigenvalue weighted by Gasteiger charge is -2.60. The number of likely N-dealkylation sites (tertiary alicyclic amines) is 1. The number of hydrogen-bond donors (Lipinski definition) is 0. The van der Waals surface area contributed by atoms with Gasteiger partial charge in [0.2, 0.25) is 0 Å². The van der Waals surface area contributed by atoms with E-state index in [0.29, 0.717) is 35.5 Å². The second kappa shape index (κ2) is 9.40. The van der Waals surface area contributed by atoms with Crippen LogP contribution in [0.4, 0.5) is 14.9 Å². The van der Waals surface area contributed by atoms with E-state index in [0.717, 1.165) is 55.7 Å². The molecule has 5 heterocycles. The summed E-state index contributed by atoms with van der Waals surface area (Å²) in [5.74, 6) is -0.808. The summed E-state index contributed by atoms with van der Waals surface area (Å²) in [5, 5.41) is 0. The van der Waals surface area contributed by atoms with Gasteiger partial charge in [-0.3, -0.25) is 4.79 Å². The van der Waals surface area contributed by atoms with Crippen LogP contribution in [0.25, 0.3) is 11.1 Å². The van der Waals surface area contributed by atoms with Gasteiger partial charge in [0.05, 0.1) is 18.6 Å². The number of anilines is 1. The number of hydrogen-bond acceptors (Lipinski definition) is 6. The highest BCUT2D eigenvalue weighted by Crippen LogP contribution is 2.43. The summed E-state index contributed by atoms with van der Waals surface area (Å²) in [7, 11) is 0. The van der Waals surface area contributed by atoms with E-state index in [1.807, 2.05) is 49.6 Å². The average molecular weight is 572 g/mol. The standard InChI is InChI=1S/C32H34FN5O4/c1-31(2,3)42-30(41)37-17-32(18-37)15-36(16-32)22-8-6-20(7-9-22)21-11-23-24(25(33)12-21)13-38(29(23)40)27(14-39)28-26-5-4-10-35(26)19-34-28/h6-9,11-12,14,19,27H,4-5,10,13,15-18H2,1-3H3. The number of halogens is 1. The van der Waals surface area contributed by atoms with E-state index in [9.17, 15) is 14.4 Å². The molecule has 2 saturated heterocycles. The van der Waals surface area contributed by atoms with Crippen LogP contribution < -0.4 is 4.90 Å². The molecule has 1 spiro atoms. The van der Waals surface area contributed by atoms with Crippen LogP contribution in [0.1, 0.15) is 60.5 Å². The Morgan fingerprint density at radius 3 is 2.52 bits per heavy atom. The maximum absolute atomic E-state index is 15.4. The first-order chi connectivity index (χ1) is 20.0. The third kappa shape index (κ3) is 4.35. The number of fused-ring (bicyclic) bond motifs is 2. The highest BCUT2D eigenvalue weighted by atomic mass is 19.1. The van der Waals surface area contributed by atoms with Gasteiger partial charge in [-0.15, -0.1) is 0 Å². The van der Waals surface area contributed by atoms with Gasteiger partial charge in [-0.25, -0.2) is 14.2 Å². The number of aldehydes is 1. The number of carbonyl (C=O) groups is 3. The lowest BCUT2D eigenvalue weighted by Crippen LogP contribution is -2.73. The summed E-state index contributed by atoms with van der Waals surface area (Å²) in [4.78, 5) is 47.8. The van der Waals surface area contributed by atoms with E-state index >= 15 is 4.39 Å². The highest BCUT2D eigenvalue weighted by molar-refractivity contribution is 6.01. The van der Waals surface area contributed by atoms with Crippen LogP contribution in [0.5, 0.6) is 0 Å². The second-order valence-electron chi connectivity index (χ2n) is 13.1. The van der Waals surface area contributed by atoms with Crippen molar-refractivity contribution in [2.45, 2.75) is 58.3 Å². The number of aromatic nitrogens is 2. The normalized spacial score (nSPS) is 19.3. The molecule has 2 fully saturated rings. The molecular weight excluding hydrogens is 537 g/mol. The summed E-state index contributed by atoms with van der Waals surface area (Å²) in [6.07, 6.45) is 3.99. The highest BCUT2D eigenvalue weighted by Gasteiger charge is 2.54. The van der Waals surface area contributed by atoms with Crippen LogP contribution in [-0.4, -0.2) is 69.4 Å². The largest absolute Gasteiger partial charge is 0.444 e. The fraction of sp³-hybridized carbons (Fsp3) is 0.438. The molecule has 1 unspecified atom stereocenters. The maximum atomic E-state index is 15.4. The molecule has 4 aliphatic rings. The molecule has 0 bridgehead atoms. The number of carbonyl (C=O) groups excluding carboxylic acids is 3. The number of nitrogens with zero attached hydrogens (tertiary/aromatic N) is 5. The van der Waals surface area contributed by atoms with Crippen molar-refractivity contribution >= 4 is 24.0 Å². The van der Waals surface area contributed by atoms with Gasteiger partial charge in [0, 0.05) is 60.6 Å². The first kappa shape index (κ1) is 26.7. The number of benzene rings is 2. The van der Waals surface area contributed by atoms with Crippen molar-refractivity contribution in [1.82, 2.24) is 19.4 Å². The lowest BCUT2D eigenvalue weighted by molar-refractivity contribution is -0.112. The average Bonchev–Trinajstić information content (AvgIpc) is 3.59. The van der Waals surface area contributed by atoms with Crippen LogP contribution in [-0.2, 0) is 29.0 Å². The van der Waals surface area contributed by atoms with Crippen molar-refractivity contribution in [3.63, 3.8) is 0 Å². The second-order valence-corrected chi connectivity index (χ2v) is 13.1. The topological polar surface area (TPSA) is 88.0 Å². The SMILES string of the molecule is CC(C)(C)OC(=O)N1CC2(C1)CN(c1ccc(-c3cc(F)c4c(c3)C(=O)N(C(C=O)c3ncn5c3CCC5)C4)cc1)C2. The van der Waals surface area contributed by atoms with Gasteiger partial charge in [-0.2, -0.15) is 0 Å². The van der Waals surface area contributed by atoms with Crippen molar-refractivity contribution in [3.8, 4) is 11.1 Å². The van der Waals surface area contributed by atoms with Gasteiger partial charge in [0.15, 0.2) is 0 Å². The molecule has 2 aromatic carbocycles. The molecule has 7 rings (SSSR count). The van der Waals surface area contributed by atoms with E-state index in [4.69, 9.17) is 4.74 Å². The van der Waals surface area contributed by atoms with Gasteiger partial charge in [0.25, 0.3) is 5.91 Å². The van der Waals surface area contributed by atoms with Crippen molar-refractivity contribution in [1.29, 1.82) is 0 Å². The molecule has 0 saturated carbocycles. The summed E-state index contributed by atoms with van der Waals surface area (Å²) in [6.45, 7) is 9.62. The van der Waals surface area contributed by atoms with Gasteiger partial charge in [0.1, 0.15) is 23.7 Å². The number of ether oxygens (including phenoxy) is 1. The molecule has 3 aromatic rings. The molecule has 0 aliphatic carbocycles. The Hall–Kier alpha value is -4.21. The van der Waals surface area contributed by atoms with Crippen molar-refractivity contribution < 1.29 is 23.5 Å². The van der Waals surface area contributed by atoms with Gasteiger partial charge < -0.3 is 28.8 Å². The van der Waals surface area contributed by atoms with Crippen molar-refractivity contribution in [2.24, 2.45) is 5.41 Å². The Morgan fingerprint density at radius 2 is 1.83 bits per heavy atom. The quantitative estimate of drug-likeness (QED) is 0.417. The molecule has 9 nitrogen and oxygen atoms in total. The summed E-state index contributed by atoms with van der Waals surface area (Å²) in [5.41, 5.74) is 4.27. The fourth-order valence-electron chi connectivity index (χ4n) is 6.84. The molecule has 2 amide bonds. The minimum Gasteiger partial charge on any atom is -0.444 e. The number of imidazole rings is 1. The molecule has 10 heteroatoms. The molecule has 42 heavy (non-hydrogen) atoms. The Labute approximate surface area is 243 Å². The minimum absolute atomic E-state index is 0.0387. The first-order valence-corrected chi connectivity index (χ1v) is 14.5. The predicted molar refractivity (Wildman–Crippen MR) is 154 cm³/mol. The Balaban J connectivity index is 1.03. The van der Waals surface area contributed by atoms with E-state index in [2.05, 4.69) is 9.88 Å². The summed E-state index contributed by atoms with van der Waals surface area (Å²) < 4.78 is 22.9. The third-order valence-corrected chi connectivity index (χ3v) is 8.87. The Kier molecular flexibility index (Phi) is 5.97. The zero-order chi connectivity index (χ0) is 29.4. The smallest absolute Gasteiger partial charge is 0.410 e. The van der Waals surface area contributed by atoms with Crippen LogP contribution in [0.2, 0.25) is 0 Å². The van der Waals surface area contributed by atoms with Crippen molar-refractivity contribution in [3.05, 3.63) is 71.1 Å². The minimum atomic E-state index is -0.840. The van der Waals surface area contributed by atoms with Crippen LogP contribution >= 0.6 is 0 Å². The van der Waals surface area contributed by atoms with Gasteiger partial charge >= 0.3 is 6.09 Å². The zero-order valence-electron chi connectivity index (χ0n) is 24.1. The molecule has 1 aromatic heterocycles. The maximum Gasteiger partial charge on any atom is 0.410 e. The van der Waals surface area contributed by atoms with E-state index in [1.54, 1.807) is 17.3 Å². The number of aryl methyl sites for hydroxylation is 1. The summed E-state index contributed by atoms with van der Waals surface area (Å²) >= 11 is 0. The molecule has 218 valence electrons. The predicted octanol–water partition coefficient (Wildman–Crippen LogP) is 4.59. The first-order valence-electron chi connectivity index (χ1n) is 14.5. The van der Waals surface area contributed by atoms with E-state index in [-0.39, 0.29) is 24.0 Å². The van der Waals surface area contributed by atoms with E-state index in [1.165, 1.54) is 11.0 Å². The Morgan fingerprint density at radius 1 is 1.10 bits per heavy atom. The van der Waals surface area contributed by atoms with Crippen LogP contribution in [0.15, 0.2) is 42.7 Å². The number of amides is 2. The molecule has 0 N–H and O–H groups in total. The summed E-state index contributed by atoms with van der Waals surface area (Å²) in [6, 6.07) is 10.2. The molecule has 0 radical (unpaired) electrons. The lowest BCUT2D eigenvalue weighted by atomic mass is 9.73. The van der Waals surface area contributed by atoms with E-state index < -0.39 is 17.5 Å². The molecular formula is C32H34FN5O4.